The maximum atomic E-state index is 12.7. The second kappa shape index (κ2) is 5.77. The van der Waals surface area contributed by atoms with Crippen molar-refractivity contribution in [1.29, 1.82) is 0 Å². The van der Waals surface area contributed by atoms with Crippen LogP contribution in [-0.2, 0) is 12.7 Å². The number of aromatic nitrogens is 1. The molecule has 0 spiro atoms. The SMILES string of the molecule is NCc1ccc(C(F)(F)F)nc1N1CCCCCC1. The molecule has 1 aliphatic heterocycles. The summed E-state index contributed by atoms with van der Waals surface area (Å²) in [5.74, 6) is 0.402. The molecule has 1 aromatic rings. The van der Waals surface area contributed by atoms with Gasteiger partial charge < -0.3 is 10.6 Å². The quantitative estimate of drug-likeness (QED) is 0.900. The lowest BCUT2D eigenvalue weighted by Gasteiger charge is -2.24. The smallest absolute Gasteiger partial charge is 0.356 e. The molecule has 0 saturated carbocycles. The number of nitrogens with zero attached hydrogens (tertiary/aromatic N) is 2. The lowest BCUT2D eigenvalue weighted by atomic mass is 10.2. The van der Waals surface area contributed by atoms with Gasteiger partial charge in [0.25, 0.3) is 0 Å². The number of rotatable bonds is 2. The fourth-order valence-electron chi connectivity index (χ4n) is 2.35. The van der Waals surface area contributed by atoms with E-state index < -0.39 is 11.9 Å². The van der Waals surface area contributed by atoms with E-state index in [2.05, 4.69) is 4.98 Å². The molecule has 0 radical (unpaired) electrons. The van der Waals surface area contributed by atoms with E-state index in [4.69, 9.17) is 5.73 Å². The van der Waals surface area contributed by atoms with E-state index in [0.717, 1.165) is 44.8 Å². The fraction of sp³-hybridized carbons (Fsp3) is 0.615. The predicted octanol–water partition coefficient (Wildman–Crippen LogP) is 2.94. The van der Waals surface area contributed by atoms with Gasteiger partial charge in [0.15, 0.2) is 0 Å². The average molecular weight is 273 g/mol. The van der Waals surface area contributed by atoms with Gasteiger partial charge in [-0.25, -0.2) is 4.98 Å². The van der Waals surface area contributed by atoms with Gasteiger partial charge in [0.2, 0.25) is 0 Å². The van der Waals surface area contributed by atoms with E-state index in [-0.39, 0.29) is 6.54 Å². The highest BCUT2D eigenvalue weighted by atomic mass is 19.4. The van der Waals surface area contributed by atoms with Crippen LogP contribution in [0.3, 0.4) is 0 Å². The first-order chi connectivity index (χ1) is 9.02. The first-order valence-corrected chi connectivity index (χ1v) is 6.54. The molecular formula is C13H18F3N3. The van der Waals surface area contributed by atoms with Crippen LogP contribution in [0.1, 0.15) is 36.9 Å². The summed E-state index contributed by atoms with van der Waals surface area (Å²) < 4.78 is 38.2. The zero-order valence-electron chi connectivity index (χ0n) is 10.7. The van der Waals surface area contributed by atoms with Gasteiger partial charge in [-0.3, -0.25) is 0 Å². The molecule has 0 aromatic carbocycles. The van der Waals surface area contributed by atoms with Crippen LogP contribution in [0.5, 0.6) is 0 Å². The van der Waals surface area contributed by atoms with Crippen molar-refractivity contribution in [2.45, 2.75) is 38.4 Å². The Morgan fingerprint density at radius 3 is 2.26 bits per heavy atom. The van der Waals surface area contributed by atoms with Gasteiger partial charge in [-0.1, -0.05) is 18.9 Å². The Labute approximate surface area is 110 Å². The molecule has 1 aromatic heterocycles. The lowest BCUT2D eigenvalue weighted by molar-refractivity contribution is -0.141. The van der Waals surface area contributed by atoms with Crippen molar-refractivity contribution in [2.75, 3.05) is 18.0 Å². The third-order valence-electron chi connectivity index (χ3n) is 3.37. The monoisotopic (exact) mass is 273 g/mol. The summed E-state index contributed by atoms with van der Waals surface area (Å²) in [5.41, 5.74) is 5.44. The summed E-state index contributed by atoms with van der Waals surface area (Å²) in [6.45, 7) is 1.71. The second-order valence-electron chi connectivity index (χ2n) is 4.78. The van der Waals surface area contributed by atoms with E-state index in [0.29, 0.717) is 11.4 Å². The lowest BCUT2D eigenvalue weighted by Crippen LogP contribution is -2.27. The molecule has 1 saturated heterocycles. The summed E-state index contributed by atoms with van der Waals surface area (Å²) in [6, 6.07) is 2.44. The van der Waals surface area contributed by atoms with Crippen LogP contribution in [0.25, 0.3) is 0 Å². The molecule has 2 N–H and O–H groups in total. The molecule has 0 amide bonds. The zero-order chi connectivity index (χ0) is 13.9. The van der Waals surface area contributed by atoms with Gasteiger partial charge in [-0.15, -0.1) is 0 Å². The molecule has 0 aliphatic carbocycles. The Kier molecular flexibility index (Phi) is 4.29. The van der Waals surface area contributed by atoms with Crippen molar-refractivity contribution in [3.05, 3.63) is 23.4 Å². The van der Waals surface area contributed by atoms with Gasteiger partial charge in [-0.2, -0.15) is 13.2 Å². The van der Waals surface area contributed by atoms with Gasteiger partial charge in [0, 0.05) is 25.2 Å². The maximum Gasteiger partial charge on any atom is 0.433 e. The highest BCUT2D eigenvalue weighted by Gasteiger charge is 2.33. The largest absolute Gasteiger partial charge is 0.433 e. The molecule has 6 heteroatoms. The summed E-state index contributed by atoms with van der Waals surface area (Å²) in [4.78, 5) is 5.74. The minimum Gasteiger partial charge on any atom is -0.356 e. The van der Waals surface area contributed by atoms with E-state index in [1.807, 2.05) is 4.90 Å². The normalized spacial score (nSPS) is 17.4. The van der Waals surface area contributed by atoms with Crippen molar-refractivity contribution < 1.29 is 13.2 Å². The van der Waals surface area contributed by atoms with Gasteiger partial charge in [0.05, 0.1) is 0 Å². The van der Waals surface area contributed by atoms with Crippen LogP contribution in [0, 0.1) is 0 Å². The Hall–Kier alpha value is -1.30. The summed E-state index contributed by atoms with van der Waals surface area (Å²) >= 11 is 0. The number of alkyl halides is 3. The van der Waals surface area contributed by atoms with Crippen LogP contribution in [-0.4, -0.2) is 18.1 Å². The molecule has 0 unspecified atom stereocenters. The Morgan fingerprint density at radius 2 is 1.74 bits per heavy atom. The fourth-order valence-corrected chi connectivity index (χ4v) is 2.35. The van der Waals surface area contributed by atoms with Crippen LogP contribution in [0.15, 0.2) is 12.1 Å². The maximum absolute atomic E-state index is 12.7. The first kappa shape index (κ1) is 14.1. The standard InChI is InChI=1S/C13H18F3N3/c14-13(15,16)11-6-5-10(9-17)12(18-11)19-7-3-1-2-4-8-19/h5-6H,1-4,7-9,17H2. The van der Waals surface area contributed by atoms with Gasteiger partial charge in [0.1, 0.15) is 11.5 Å². The van der Waals surface area contributed by atoms with Crippen molar-refractivity contribution in [2.24, 2.45) is 5.73 Å². The summed E-state index contributed by atoms with van der Waals surface area (Å²) in [6.07, 6.45) is -0.196. The molecular weight excluding hydrogens is 255 g/mol. The number of hydrogen-bond donors (Lipinski definition) is 1. The van der Waals surface area contributed by atoms with Crippen LogP contribution in [0.4, 0.5) is 19.0 Å². The first-order valence-electron chi connectivity index (χ1n) is 6.54. The Morgan fingerprint density at radius 1 is 1.11 bits per heavy atom. The average Bonchev–Trinajstić information content (AvgIpc) is 2.65. The van der Waals surface area contributed by atoms with E-state index in [9.17, 15) is 13.2 Å². The second-order valence-corrected chi connectivity index (χ2v) is 4.78. The minimum absolute atomic E-state index is 0.205. The number of hydrogen-bond acceptors (Lipinski definition) is 3. The molecule has 0 atom stereocenters. The topological polar surface area (TPSA) is 42.1 Å². The number of anilines is 1. The summed E-state index contributed by atoms with van der Waals surface area (Å²) in [5, 5.41) is 0. The molecule has 3 nitrogen and oxygen atoms in total. The molecule has 19 heavy (non-hydrogen) atoms. The summed E-state index contributed by atoms with van der Waals surface area (Å²) in [7, 11) is 0. The highest BCUT2D eigenvalue weighted by Crippen LogP contribution is 2.31. The van der Waals surface area contributed by atoms with Crippen LogP contribution >= 0.6 is 0 Å². The third kappa shape index (κ3) is 3.37. The Balaban J connectivity index is 2.34. The van der Waals surface area contributed by atoms with E-state index in [1.165, 1.54) is 6.07 Å². The molecule has 106 valence electrons. The highest BCUT2D eigenvalue weighted by molar-refractivity contribution is 5.48. The zero-order valence-corrected chi connectivity index (χ0v) is 10.7. The molecule has 1 fully saturated rings. The Bertz CT molecular complexity index is 424. The molecule has 2 rings (SSSR count). The van der Waals surface area contributed by atoms with E-state index in [1.54, 1.807) is 0 Å². The van der Waals surface area contributed by atoms with Gasteiger partial charge >= 0.3 is 6.18 Å². The predicted molar refractivity (Wildman–Crippen MR) is 67.8 cm³/mol. The van der Waals surface area contributed by atoms with Crippen LogP contribution < -0.4 is 10.6 Å². The van der Waals surface area contributed by atoms with E-state index >= 15 is 0 Å². The van der Waals surface area contributed by atoms with Crippen molar-refractivity contribution >= 4 is 5.82 Å². The van der Waals surface area contributed by atoms with Crippen molar-refractivity contribution in [3.8, 4) is 0 Å². The third-order valence-corrected chi connectivity index (χ3v) is 3.37. The minimum atomic E-state index is -4.41. The molecule has 2 heterocycles. The molecule has 0 bridgehead atoms. The molecule has 1 aliphatic rings. The van der Waals surface area contributed by atoms with Crippen molar-refractivity contribution in [1.82, 2.24) is 4.98 Å². The van der Waals surface area contributed by atoms with Gasteiger partial charge in [-0.05, 0) is 18.9 Å². The number of nitrogens with two attached hydrogens (primary N) is 1. The van der Waals surface area contributed by atoms with Crippen LogP contribution in [0.2, 0.25) is 0 Å². The number of pyridine rings is 1. The van der Waals surface area contributed by atoms with Crippen molar-refractivity contribution in [3.63, 3.8) is 0 Å². The number of halogens is 3.